The molecule has 0 aromatic heterocycles. The molecule has 1 aliphatic carbocycles. The number of hydrogen-bond acceptors (Lipinski definition) is 8. The van der Waals surface area contributed by atoms with E-state index in [9.17, 15) is 0 Å². The third-order valence-corrected chi connectivity index (χ3v) is 7.26. The minimum atomic E-state index is 0.595. The first-order valence-electron chi connectivity index (χ1n) is 12.5. The molecule has 0 fully saturated rings. The van der Waals surface area contributed by atoms with Crippen LogP contribution in [0.3, 0.4) is 0 Å². The lowest BCUT2D eigenvalue weighted by atomic mass is 10.00. The lowest BCUT2D eigenvalue weighted by Gasteiger charge is -2.14. The first kappa shape index (κ1) is 26.9. The highest BCUT2D eigenvalue weighted by Gasteiger charge is 2.14. The maximum atomic E-state index is 5.73. The number of benzene rings is 4. The molecule has 8 nitrogen and oxygen atoms in total. The second-order valence-electron chi connectivity index (χ2n) is 9.01. The Morgan fingerprint density at radius 3 is 0.400 bits per heavy atom. The van der Waals surface area contributed by atoms with E-state index >= 15 is 0 Å². The van der Waals surface area contributed by atoms with Gasteiger partial charge in [0.15, 0.2) is 46.0 Å². The summed E-state index contributed by atoms with van der Waals surface area (Å²) in [5.41, 5.74) is 0. The Labute approximate surface area is 231 Å². The number of methoxy groups -OCH3 is 8. The minimum Gasteiger partial charge on any atom is -0.493 e. The summed E-state index contributed by atoms with van der Waals surface area (Å²) in [5, 5.41) is 7.24. The smallest absolute Gasteiger partial charge is 0.161 e. The van der Waals surface area contributed by atoms with E-state index in [1.165, 1.54) is 0 Å². The highest BCUT2D eigenvalue weighted by molar-refractivity contribution is 5.51. The molecule has 0 amide bonds. The summed E-state index contributed by atoms with van der Waals surface area (Å²) in [7, 11) is 13.0. The van der Waals surface area contributed by atoms with Gasteiger partial charge in [-0.05, 0) is 90.3 Å². The van der Waals surface area contributed by atoms with Crippen molar-refractivity contribution in [1.29, 1.82) is 0 Å². The van der Waals surface area contributed by atoms with E-state index in [1.807, 2.05) is 48.5 Å². The molecule has 0 heterocycles. The molecular formula is C32H32O8. The summed E-state index contributed by atoms with van der Waals surface area (Å²) in [6.45, 7) is 0. The summed E-state index contributed by atoms with van der Waals surface area (Å²) >= 11 is 0. The van der Waals surface area contributed by atoms with Gasteiger partial charge in [0.2, 0.25) is 0 Å². The molecule has 0 unspecified atom stereocenters. The molecule has 0 aliphatic heterocycles. The van der Waals surface area contributed by atoms with E-state index in [2.05, 4.69) is 0 Å². The van der Waals surface area contributed by atoms with Crippen molar-refractivity contribution in [3.63, 3.8) is 0 Å². The fourth-order valence-corrected chi connectivity index (χ4v) is 5.30. The van der Waals surface area contributed by atoms with E-state index in [0.29, 0.717) is 46.0 Å². The molecule has 0 radical (unpaired) electrons. The molecule has 0 saturated heterocycles. The Hall–Kier alpha value is -4.72. The molecule has 0 spiro atoms. The highest BCUT2D eigenvalue weighted by Crippen LogP contribution is 2.35. The van der Waals surface area contributed by atoms with Gasteiger partial charge in [0.25, 0.3) is 0 Å². The van der Waals surface area contributed by atoms with Gasteiger partial charge in [-0.1, -0.05) is 0 Å². The fourth-order valence-electron chi connectivity index (χ4n) is 5.30. The molecule has 8 heteroatoms. The first-order valence-corrected chi connectivity index (χ1v) is 12.5. The van der Waals surface area contributed by atoms with E-state index in [0.717, 1.165) is 41.7 Å². The Balaban J connectivity index is 2.36. The summed E-state index contributed by atoms with van der Waals surface area (Å²) in [4.78, 5) is 0. The van der Waals surface area contributed by atoms with Gasteiger partial charge >= 0.3 is 0 Å². The fraction of sp³-hybridized carbons (Fsp3) is 0.250. The molecule has 0 bridgehead atoms. The van der Waals surface area contributed by atoms with Gasteiger partial charge in [0.1, 0.15) is 0 Å². The van der Waals surface area contributed by atoms with Crippen LogP contribution in [0, 0.1) is 41.7 Å². The second kappa shape index (κ2) is 10.8. The number of rotatable bonds is 8. The van der Waals surface area contributed by atoms with Crippen LogP contribution in [-0.4, -0.2) is 56.9 Å². The Bertz CT molecular complexity index is 1520. The van der Waals surface area contributed by atoms with Crippen LogP contribution >= 0.6 is 0 Å². The quantitative estimate of drug-likeness (QED) is 0.263. The van der Waals surface area contributed by atoms with Crippen LogP contribution in [-0.2, 0) is 0 Å². The van der Waals surface area contributed by atoms with Gasteiger partial charge < -0.3 is 37.9 Å². The van der Waals surface area contributed by atoms with Crippen LogP contribution < -0.4 is 37.9 Å². The molecular weight excluding hydrogens is 512 g/mol. The average Bonchev–Trinajstić information content (AvgIpc) is 3.01. The maximum Gasteiger partial charge on any atom is 0.161 e. The summed E-state index contributed by atoms with van der Waals surface area (Å²) in [6, 6.07) is 15.8. The summed E-state index contributed by atoms with van der Waals surface area (Å²) < 4.78 is 45.9. The van der Waals surface area contributed by atoms with Crippen LogP contribution in [0.4, 0.5) is 0 Å². The molecule has 208 valence electrons. The molecule has 0 saturated carbocycles. The van der Waals surface area contributed by atoms with Crippen LogP contribution in [0.2, 0.25) is 0 Å². The van der Waals surface area contributed by atoms with Crippen molar-refractivity contribution >= 4 is 0 Å². The number of hydrogen-bond donors (Lipinski definition) is 0. The van der Waals surface area contributed by atoms with Gasteiger partial charge in [-0.2, -0.15) is 0 Å². The van der Waals surface area contributed by atoms with Crippen LogP contribution in [0.25, 0.3) is 0 Å². The lowest BCUT2D eigenvalue weighted by Crippen LogP contribution is -1.99. The SMILES string of the molecule is COc1cc2/c(cc1OC)=c1/cc(OC)c(OC)c/c1=c1\cc(OC)c(OC)c\c1=c1/cc(OC)c(OC)c/c1=2. The van der Waals surface area contributed by atoms with Gasteiger partial charge in [-0.3, -0.25) is 0 Å². The van der Waals surface area contributed by atoms with Crippen molar-refractivity contribution < 1.29 is 37.9 Å². The van der Waals surface area contributed by atoms with E-state index < -0.39 is 0 Å². The normalized spacial score (nSPS) is 14.6. The van der Waals surface area contributed by atoms with E-state index in [4.69, 9.17) is 37.9 Å². The van der Waals surface area contributed by atoms with E-state index in [1.54, 1.807) is 56.9 Å². The third-order valence-electron chi connectivity index (χ3n) is 7.26. The number of ether oxygens (including phenoxy) is 8. The van der Waals surface area contributed by atoms with Crippen LogP contribution in [0.1, 0.15) is 0 Å². The number of fused-ring (bicyclic) bond motifs is 4. The standard InChI is InChI=1S/C32H32O8/c1-33-25-9-17-18(10-26(25)34-2)20-12-28(36-4)30(38-6)14-22(20)24-16-32(40-8)31(39-7)15-23(24)21-13-29(37-5)27(35-3)11-19(17)21/h9-16H,1-8H3/b19-17-,20-18-,23-21-,24-22-. The zero-order valence-electron chi connectivity index (χ0n) is 23.9. The first-order chi connectivity index (χ1) is 19.5. The molecule has 4 aromatic carbocycles. The lowest BCUT2D eigenvalue weighted by molar-refractivity contribution is 0.353. The predicted molar refractivity (Wildman–Crippen MR) is 149 cm³/mol. The van der Waals surface area contributed by atoms with Gasteiger partial charge in [-0.15, -0.1) is 0 Å². The molecule has 0 atom stereocenters. The van der Waals surface area contributed by atoms with Gasteiger partial charge in [0, 0.05) is 0 Å². The maximum absolute atomic E-state index is 5.73. The molecule has 4 aromatic rings. The van der Waals surface area contributed by atoms with E-state index in [-0.39, 0.29) is 0 Å². The largest absolute Gasteiger partial charge is 0.493 e. The monoisotopic (exact) mass is 544 g/mol. The zero-order valence-corrected chi connectivity index (χ0v) is 23.9. The van der Waals surface area contributed by atoms with Crippen LogP contribution in [0.5, 0.6) is 46.0 Å². The van der Waals surface area contributed by atoms with Crippen LogP contribution in [0.15, 0.2) is 48.5 Å². The summed E-state index contributed by atoms with van der Waals surface area (Å²) in [5.74, 6) is 4.76. The molecule has 1 aliphatic rings. The van der Waals surface area contributed by atoms with Crippen molar-refractivity contribution in [3.05, 3.63) is 90.3 Å². The second-order valence-corrected chi connectivity index (χ2v) is 9.01. The van der Waals surface area contributed by atoms with Crippen molar-refractivity contribution in [2.24, 2.45) is 0 Å². The minimum absolute atomic E-state index is 0.595. The van der Waals surface area contributed by atoms with Crippen molar-refractivity contribution in [3.8, 4) is 46.0 Å². The third kappa shape index (κ3) is 4.16. The predicted octanol–water partition coefficient (Wildman–Crippen LogP) is 5.22. The zero-order chi connectivity index (χ0) is 28.6. The Kier molecular flexibility index (Phi) is 7.26. The Morgan fingerprint density at radius 1 is 0.225 bits per heavy atom. The van der Waals surface area contributed by atoms with Gasteiger partial charge in [-0.25, -0.2) is 0 Å². The van der Waals surface area contributed by atoms with Crippen molar-refractivity contribution in [2.45, 2.75) is 0 Å². The average molecular weight is 545 g/mol. The summed E-state index contributed by atoms with van der Waals surface area (Å²) in [6.07, 6.45) is 0. The highest BCUT2D eigenvalue weighted by atomic mass is 16.5. The van der Waals surface area contributed by atoms with Gasteiger partial charge in [0.05, 0.1) is 56.9 Å². The molecule has 0 N–H and O–H groups in total. The van der Waals surface area contributed by atoms with Crippen molar-refractivity contribution in [2.75, 3.05) is 56.9 Å². The van der Waals surface area contributed by atoms with Crippen molar-refractivity contribution in [1.82, 2.24) is 0 Å². The molecule has 40 heavy (non-hydrogen) atoms. The topological polar surface area (TPSA) is 73.8 Å². The Morgan fingerprint density at radius 2 is 0.325 bits per heavy atom. The molecule has 5 rings (SSSR count).